The summed E-state index contributed by atoms with van der Waals surface area (Å²) in [5, 5.41) is 52.2. The second-order valence-electron chi connectivity index (χ2n) is 2.48. The van der Waals surface area contributed by atoms with Gasteiger partial charge in [0.1, 0.15) is 24.4 Å². The first-order chi connectivity index (χ1) is 5.54. The van der Waals surface area contributed by atoms with E-state index in [1.54, 1.807) is 0 Å². The SMILES string of the molecule is OCC(O)C(O)C(O)C(O)[13CH2]O. The van der Waals surface area contributed by atoms with Crippen LogP contribution in [0, 0.1) is 0 Å². The van der Waals surface area contributed by atoms with E-state index < -0.39 is 37.6 Å². The van der Waals surface area contributed by atoms with Crippen molar-refractivity contribution < 1.29 is 30.6 Å². The first-order valence-corrected chi connectivity index (χ1v) is 3.48. The highest BCUT2D eigenvalue weighted by Crippen LogP contribution is 2.03. The van der Waals surface area contributed by atoms with Crippen molar-refractivity contribution in [3.63, 3.8) is 0 Å². The van der Waals surface area contributed by atoms with Crippen LogP contribution in [0.15, 0.2) is 0 Å². The van der Waals surface area contributed by atoms with E-state index in [-0.39, 0.29) is 0 Å². The Morgan fingerprint density at radius 2 is 0.917 bits per heavy atom. The van der Waals surface area contributed by atoms with Crippen LogP contribution in [0.25, 0.3) is 0 Å². The molecule has 0 aromatic rings. The maximum Gasteiger partial charge on any atom is 0.111 e. The van der Waals surface area contributed by atoms with Crippen molar-refractivity contribution in [3.05, 3.63) is 0 Å². The molecule has 74 valence electrons. The third kappa shape index (κ3) is 3.02. The normalized spacial score (nSPS) is 21.5. The van der Waals surface area contributed by atoms with Crippen LogP contribution in [0.3, 0.4) is 0 Å². The lowest BCUT2D eigenvalue weighted by Crippen LogP contribution is -2.46. The Bertz CT molecular complexity index is 105. The molecule has 6 N–H and O–H groups in total. The predicted octanol–water partition coefficient (Wildman–Crippen LogP) is -3.59. The molecule has 4 unspecified atom stereocenters. The molecule has 0 bridgehead atoms. The van der Waals surface area contributed by atoms with Gasteiger partial charge < -0.3 is 30.6 Å². The molecule has 0 aromatic heterocycles. The van der Waals surface area contributed by atoms with E-state index in [4.69, 9.17) is 30.6 Å². The Hall–Kier alpha value is -0.240. The second kappa shape index (κ2) is 5.41. The molecule has 6 heteroatoms. The molecule has 0 fully saturated rings. The molecule has 12 heavy (non-hydrogen) atoms. The van der Waals surface area contributed by atoms with Crippen molar-refractivity contribution in [1.82, 2.24) is 0 Å². The molecule has 0 saturated carbocycles. The molecular weight excluding hydrogens is 169 g/mol. The van der Waals surface area contributed by atoms with Gasteiger partial charge in [0.05, 0.1) is 13.2 Å². The highest BCUT2D eigenvalue weighted by molar-refractivity contribution is 4.79. The zero-order chi connectivity index (χ0) is 9.72. The molecule has 0 saturated heterocycles. The zero-order valence-electron chi connectivity index (χ0n) is 6.41. The van der Waals surface area contributed by atoms with Gasteiger partial charge in [0.25, 0.3) is 0 Å². The molecule has 0 aliphatic heterocycles. The third-order valence-corrected chi connectivity index (χ3v) is 1.51. The lowest BCUT2D eigenvalue weighted by atomic mass is 10.1. The van der Waals surface area contributed by atoms with Gasteiger partial charge in [-0.2, -0.15) is 0 Å². The summed E-state index contributed by atoms with van der Waals surface area (Å²) in [7, 11) is 0. The van der Waals surface area contributed by atoms with Crippen molar-refractivity contribution >= 4 is 0 Å². The lowest BCUT2D eigenvalue weighted by Gasteiger charge is -2.24. The summed E-state index contributed by atoms with van der Waals surface area (Å²) in [5.74, 6) is 0. The van der Waals surface area contributed by atoms with Gasteiger partial charge >= 0.3 is 0 Å². The van der Waals surface area contributed by atoms with Gasteiger partial charge in [-0.25, -0.2) is 0 Å². The molecule has 0 aromatic carbocycles. The van der Waals surface area contributed by atoms with Crippen LogP contribution < -0.4 is 0 Å². The highest BCUT2D eigenvalue weighted by Gasteiger charge is 2.29. The van der Waals surface area contributed by atoms with Crippen LogP contribution in [0.1, 0.15) is 0 Å². The van der Waals surface area contributed by atoms with E-state index in [2.05, 4.69) is 0 Å². The molecule has 6 nitrogen and oxygen atoms in total. The fraction of sp³-hybridized carbons (Fsp3) is 1.00. The lowest BCUT2D eigenvalue weighted by molar-refractivity contribution is -0.123. The minimum atomic E-state index is -1.67. The number of hydrogen-bond acceptors (Lipinski definition) is 6. The van der Waals surface area contributed by atoms with Crippen molar-refractivity contribution in [1.29, 1.82) is 0 Å². The Morgan fingerprint density at radius 3 is 1.08 bits per heavy atom. The van der Waals surface area contributed by atoms with Crippen molar-refractivity contribution in [2.75, 3.05) is 13.2 Å². The van der Waals surface area contributed by atoms with Gasteiger partial charge in [-0.1, -0.05) is 0 Å². The first-order valence-electron chi connectivity index (χ1n) is 3.48. The Morgan fingerprint density at radius 1 is 0.667 bits per heavy atom. The number of rotatable bonds is 5. The van der Waals surface area contributed by atoms with Gasteiger partial charge in [-0.15, -0.1) is 0 Å². The number of aliphatic hydroxyl groups excluding tert-OH is 6. The standard InChI is InChI=1S/C6H14O6/c7-1-3(9)5(11)6(12)4(10)2-8/h3-12H,1-2H2/i1+1. The summed E-state index contributed by atoms with van der Waals surface area (Å²) in [6.45, 7) is -1.45. The average Bonchev–Trinajstić information content (AvgIpc) is 2.12. The molecule has 0 spiro atoms. The van der Waals surface area contributed by atoms with Crippen molar-refractivity contribution in [3.8, 4) is 0 Å². The van der Waals surface area contributed by atoms with Crippen LogP contribution >= 0.6 is 0 Å². The largest absolute Gasteiger partial charge is 0.394 e. The van der Waals surface area contributed by atoms with Gasteiger partial charge in [0, 0.05) is 0 Å². The van der Waals surface area contributed by atoms with Gasteiger partial charge in [0.2, 0.25) is 0 Å². The molecular formula is C6H14O6. The smallest absolute Gasteiger partial charge is 0.111 e. The molecule has 0 radical (unpaired) electrons. The third-order valence-electron chi connectivity index (χ3n) is 1.51. The summed E-state index contributed by atoms with van der Waals surface area (Å²) in [6, 6.07) is 0. The fourth-order valence-corrected chi connectivity index (χ4v) is 0.671. The summed E-state index contributed by atoms with van der Waals surface area (Å²) >= 11 is 0. The van der Waals surface area contributed by atoms with E-state index >= 15 is 0 Å². The summed E-state index contributed by atoms with van der Waals surface area (Å²) < 4.78 is 0. The Labute approximate surface area is 69.3 Å². The number of aliphatic hydroxyl groups is 6. The van der Waals surface area contributed by atoms with Crippen LogP contribution in [-0.4, -0.2) is 68.3 Å². The Kier molecular flexibility index (Phi) is 5.31. The molecule has 4 atom stereocenters. The topological polar surface area (TPSA) is 121 Å². The van der Waals surface area contributed by atoms with Crippen molar-refractivity contribution in [2.45, 2.75) is 24.4 Å². The molecule has 0 aliphatic carbocycles. The average molecular weight is 183 g/mol. The van der Waals surface area contributed by atoms with Crippen LogP contribution in [-0.2, 0) is 0 Å². The molecule has 0 rings (SSSR count). The van der Waals surface area contributed by atoms with E-state index in [0.29, 0.717) is 0 Å². The van der Waals surface area contributed by atoms with Gasteiger partial charge in [-0.3, -0.25) is 0 Å². The summed E-state index contributed by atoms with van der Waals surface area (Å²) in [5.41, 5.74) is 0. The van der Waals surface area contributed by atoms with Crippen LogP contribution in [0.2, 0.25) is 0 Å². The van der Waals surface area contributed by atoms with E-state index in [1.165, 1.54) is 0 Å². The van der Waals surface area contributed by atoms with Crippen molar-refractivity contribution in [2.24, 2.45) is 0 Å². The van der Waals surface area contributed by atoms with Crippen LogP contribution in [0.4, 0.5) is 0 Å². The summed E-state index contributed by atoms with van der Waals surface area (Å²) in [6.07, 6.45) is -6.39. The van der Waals surface area contributed by atoms with E-state index in [1.807, 2.05) is 0 Å². The highest BCUT2D eigenvalue weighted by atomic mass is 16.4. The molecule has 0 amide bonds. The summed E-state index contributed by atoms with van der Waals surface area (Å²) in [4.78, 5) is 0. The van der Waals surface area contributed by atoms with Gasteiger partial charge in [0.15, 0.2) is 0 Å². The molecule has 0 heterocycles. The minimum absolute atomic E-state index is 0.726. The monoisotopic (exact) mass is 183 g/mol. The maximum atomic E-state index is 8.96. The van der Waals surface area contributed by atoms with E-state index in [9.17, 15) is 0 Å². The Balaban J connectivity index is 3.99. The zero-order valence-corrected chi connectivity index (χ0v) is 6.41. The maximum absolute atomic E-state index is 8.96. The quantitative estimate of drug-likeness (QED) is 0.245. The predicted molar refractivity (Wildman–Crippen MR) is 38.2 cm³/mol. The van der Waals surface area contributed by atoms with Gasteiger partial charge in [-0.05, 0) is 0 Å². The van der Waals surface area contributed by atoms with E-state index in [0.717, 1.165) is 0 Å². The first kappa shape index (κ1) is 11.8. The number of hydrogen-bond donors (Lipinski definition) is 6. The van der Waals surface area contributed by atoms with Crippen LogP contribution in [0.5, 0.6) is 0 Å². The second-order valence-corrected chi connectivity index (χ2v) is 2.48. The fourth-order valence-electron chi connectivity index (χ4n) is 0.671. The molecule has 0 aliphatic rings. The minimum Gasteiger partial charge on any atom is -0.394 e.